The van der Waals surface area contributed by atoms with Crippen molar-refractivity contribution >= 4 is 23.7 Å². The second-order valence-electron chi connectivity index (χ2n) is 13.5. The quantitative estimate of drug-likeness (QED) is 0.257. The number of methoxy groups -OCH3 is 1. The number of nitrogens with zero attached hydrogens (tertiary/aromatic N) is 3. The van der Waals surface area contributed by atoms with Gasteiger partial charge in [0.05, 0.1) is 31.8 Å². The molecule has 2 aliphatic heterocycles. The molecule has 1 N–H and O–H groups in total. The molecule has 2 amide bonds. The lowest BCUT2D eigenvalue weighted by Gasteiger charge is -2.42. The van der Waals surface area contributed by atoms with Gasteiger partial charge in [-0.2, -0.15) is 0 Å². The van der Waals surface area contributed by atoms with Crippen molar-refractivity contribution in [2.24, 2.45) is 0 Å². The van der Waals surface area contributed by atoms with E-state index in [0.717, 1.165) is 40.8 Å². The average molecular weight is 645 g/mol. The van der Waals surface area contributed by atoms with E-state index in [1.807, 2.05) is 93.6 Å². The SMILES string of the molecule is CCOC(=O)c1cc(-c2cc(OC)cc([C@@H](C)NC(=O)c3cc(N4C[C@H]5CC[C@@H](C4)N5C(=O)OC(C)(C)C)ccc3C)c2)cn1CC. The van der Waals surface area contributed by atoms with Crippen molar-refractivity contribution in [3.63, 3.8) is 0 Å². The van der Waals surface area contributed by atoms with Crippen LogP contribution in [0.2, 0.25) is 0 Å². The third-order valence-electron chi connectivity index (χ3n) is 8.98. The van der Waals surface area contributed by atoms with Crippen molar-refractivity contribution in [1.82, 2.24) is 14.8 Å². The molecule has 2 aromatic carbocycles. The Labute approximate surface area is 278 Å². The lowest BCUT2D eigenvalue weighted by atomic mass is 10.00. The van der Waals surface area contributed by atoms with Crippen LogP contribution in [0.25, 0.3) is 11.1 Å². The van der Waals surface area contributed by atoms with Crippen LogP contribution in [-0.2, 0) is 16.0 Å². The minimum atomic E-state index is -0.537. The fourth-order valence-electron chi connectivity index (χ4n) is 6.60. The van der Waals surface area contributed by atoms with E-state index in [2.05, 4.69) is 16.3 Å². The van der Waals surface area contributed by atoms with Crippen molar-refractivity contribution in [3.8, 4) is 16.9 Å². The van der Waals surface area contributed by atoms with Crippen LogP contribution in [0.1, 0.15) is 92.4 Å². The summed E-state index contributed by atoms with van der Waals surface area (Å²) >= 11 is 0. The van der Waals surface area contributed by atoms with Crippen LogP contribution >= 0.6 is 0 Å². The molecule has 5 rings (SSSR count). The fraction of sp³-hybridized carbons (Fsp3) is 0.486. The van der Waals surface area contributed by atoms with Crippen molar-refractivity contribution < 1.29 is 28.6 Å². The van der Waals surface area contributed by atoms with Gasteiger partial charge >= 0.3 is 12.1 Å². The van der Waals surface area contributed by atoms with Crippen LogP contribution in [0.4, 0.5) is 10.5 Å². The second kappa shape index (κ2) is 13.7. The van der Waals surface area contributed by atoms with Gasteiger partial charge in [-0.05, 0) is 114 Å². The Bertz CT molecular complexity index is 1630. The highest BCUT2D eigenvalue weighted by Crippen LogP contribution is 2.35. The van der Waals surface area contributed by atoms with Gasteiger partial charge < -0.3 is 29.0 Å². The van der Waals surface area contributed by atoms with E-state index in [1.54, 1.807) is 14.0 Å². The van der Waals surface area contributed by atoms with Crippen LogP contribution in [0.3, 0.4) is 0 Å². The summed E-state index contributed by atoms with van der Waals surface area (Å²) in [5, 5.41) is 3.19. The molecule has 1 aromatic heterocycles. The number of aromatic nitrogens is 1. The van der Waals surface area contributed by atoms with Gasteiger partial charge in [-0.15, -0.1) is 0 Å². The smallest absolute Gasteiger partial charge is 0.410 e. The number of aryl methyl sites for hydroxylation is 2. The van der Waals surface area contributed by atoms with Gasteiger partial charge in [0, 0.05) is 42.6 Å². The largest absolute Gasteiger partial charge is 0.497 e. The molecule has 0 unspecified atom stereocenters. The summed E-state index contributed by atoms with van der Waals surface area (Å²) in [6, 6.07) is 13.5. The summed E-state index contributed by atoms with van der Waals surface area (Å²) < 4.78 is 18.5. The van der Waals surface area contributed by atoms with Crippen LogP contribution in [0, 0.1) is 6.92 Å². The number of hydrogen-bond acceptors (Lipinski definition) is 7. The highest BCUT2D eigenvalue weighted by Gasteiger charge is 2.44. The van der Waals surface area contributed by atoms with E-state index < -0.39 is 5.60 Å². The lowest BCUT2D eigenvalue weighted by molar-refractivity contribution is 0.0123. The number of hydrogen-bond donors (Lipinski definition) is 1. The van der Waals surface area contributed by atoms with Crippen molar-refractivity contribution in [1.29, 1.82) is 0 Å². The zero-order valence-corrected chi connectivity index (χ0v) is 28.9. The Balaban J connectivity index is 1.33. The number of fused-ring (bicyclic) bond motifs is 2. The van der Waals surface area contributed by atoms with E-state index in [1.165, 1.54) is 0 Å². The molecule has 0 radical (unpaired) electrons. The van der Waals surface area contributed by atoms with Crippen LogP contribution < -0.4 is 15.0 Å². The summed E-state index contributed by atoms with van der Waals surface area (Å²) in [4.78, 5) is 43.5. The number of carbonyl (C=O) groups excluding carboxylic acids is 3. The molecule has 0 spiro atoms. The van der Waals surface area contributed by atoms with Crippen LogP contribution in [-0.4, -0.2) is 71.9 Å². The Morgan fingerprint density at radius 2 is 1.68 bits per heavy atom. The molecule has 3 atom stereocenters. The average Bonchev–Trinajstić information content (AvgIpc) is 3.58. The monoisotopic (exact) mass is 644 g/mol. The number of ether oxygens (including phenoxy) is 3. The van der Waals surface area contributed by atoms with Gasteiger partial charge in [-0.25, -0.2) is 9.59 Å². The Kier molecular flexibility index (Phi) is 9.89. The molecule has 252 valence electrons. The molecular weight excluding hydrogens is 596 g/mol. The van der Waals surface area contributed by atoms with Gasteiger partial charge in [0.25, 0.3) is 5.91 Å². The van der Waals surface area contributed by atoms with Gasteiger partial charge in [-0.1, -0.05) is 6.07 Å². The molecule has 2 saturated heterocycles. The fourth-order valence-corrected chi connectivity index (χ4v) is 6.60. The number of rotatable bonds is 9. The van der Waals surface area contributed by atoms with Crippen molar-refractivity contribution in [2.45, 2.75) is 91.6 Å². The summed E-state index contributed by atoms with van der Waals surface area (Å²) in [6.45, 7) is 15.7. The molecule has 0 aliphatic carbocycles. The van der Waals surface area contributed by atoms with E-state index in [-0.39, 0.29) is 36.1 Å². The zero-order chi connectivity index (χ0) is 34.0. The molecular formula is C37H48N4O6. The Morgan fingerprint density at radius 3 is 2.30 bits per heavy atom. The zero-order valence-electron chi connectivity index (χ0n) is 28.9. The van der Waals surface area contributed by atoms with Gasteiger partial charge in [0.15, 0.2) is 0 Å². The molecule has 47 heavy (non-hydrogen) atoms. The molecule has 2 aliphatic rings. The summed E-state index contributed by atoms with van der Waals surface area (Å²) in [7, 11) is 1.61. The van der Waals surface area contributed by atoms with Gasteiger partial charge in [0.2, 0.25) is 0 Å². The summed E-state index contributed by atoms with van der Waals surface area (Å²) in [5.74, 6) is 0.122. The topological polar surface area (TPSA) is 102 Å². The number of carbonyl (C=O) groups is 3. The van der Waals surface area contributed by atoms with Crippen LogP contribution in [0.5, 0.6) is 5.75 Å². The lowest BCUT2D eigenvalue weighted by Crippen LogP contribution is -2.56. The number of piperazine rings is 1. The van der Waals surface area contributed by atoms with Crippen LogP contribution in [0.15, 0.2) is 48.7 Å². The standard InChI is InChI=1S/C37H48N4O6/c1-9-39-20-27(18-33(39)35(43)46-10-2)26-15-25(16-31(17-26)45-8)24(4)38-34(42)32-19-28(12-11-23(32)3)40-21-29-13-14-30(22-40)41(29)36(44)47-37(5,6)7/h11-12,15-20,24,29-30H,9-10,13-14,21-22H2,1-8H3,(H,38,42)/t24-,29-,30+/m1/s1. The third kappa shape index (κ3) is 7.42. The van der Waals surface area contributed by atoms with E-state index in [0.29, 0.717) is 43.2 Å². The first-order valence-corrected chi connectivity index (χ1v) is 16.6. The normalized spacial score (nSPS) is 18.1. The van der Waals surface area contributed by atoms with Crippen molar-refractivity contribution in [3.05, 3.63) is 71.0 Å². The highest BCUT2D eigenvalue weighted by molar-refractivity contribution is 5.97. The molecule has 3 aromatic rings. The van der Waals surface area contributed by atoms with Gasteiger partial charge in [-0.3, -0.25) is 9.69 Å². The molecule has 3 heterocycles. The number of amides is 2. The minimum Gasteiger partial charge on any atom is -0.497 e. The molecule has 2 fully saturated rings. The summed E-state index contributed by atoms with van der Waals surface area (Å²) in [5.41, 5.74) is 5.02. The maximum absolute atomic E-state index is 13.7. The first kappa shape index (κ1) is 33.9. The molecule has 10 nitrogen and oxygen atoms in total. The molecule has 0 saturated carbocycles. The van der Waals surface area contributed by atoms with E-state index >= 15 is 0 Å². The van der Waals surface area contributed by atoms with Gasteiger partial charge in [0.1, 0.15) is 17.0 Å². The number of esters is 1. The Morgan fingerprint density at radius 1 is 0.979 bits per heavy atom. The second-order valence-corrected chi connectivity index (χ2v) is 13.5. The summed E-state index contributed by atoms with van der Waals surface area (Å²) in [6.07, 6.45) is 3.56. The highest BCUT2D eigenvalue weighted by atomic mass is 16.6. The third-order valence-corrected chi connectivity index (χ3v) is 8.98. The number of anilines is 1. The van der Waals surface area contributed by atoms with Crippen molar-refractivity contribution in [2.75, 3.05) is 31.7 Å². The number of nitrogens with one attached hydrogen (secondary N) is 1. The first-order chi connectivity index (χ1) is 22.3. The minimum absolute atomic E-state index is 0.0760. The predicted molar refractivity (Wildman–Crippen MR) is 182 cm³/mol. The Hall–Kier alpha value is -4.47. The first-order valence-electron chi connectivity index (χ1n) is 16.6. The predicted octanol–water partition coefficient (Wildman–Crippen LogP) is 6.75. The molecule has 10 heteroatoms. The maximum Gasteiger partial charge on any atom is 0.410 e. The number of benzene rings is 2. The van der Waals surface area contributed by atoms with E-state index in [9.17, 15) is 14.4 Å². The van der Waals surface area contributed by atoms with E-state index in [4.69, 9.17) is 14.2 Å². The molecule has 2 bridgehead atoms. The maximum atomic E-state index is 13.7.